The van der Waals surface area contributed by atoms with Crippen molar-refractivity contribution in [2.45, 2.75) is 46.7 Å². The van der Waals surface area contributed by atoms with Crippen LogP contribution in [-0.4, -0.2) is 45.9 Å². The van der Waals surface area contributed by atoms with Crippen molar-refractivity contribution in [2.75, 3.05) is 13.2 Å². The molecule has 2 aromatic rings. The van der Waals surface area contributed by atoms with E-state index in [1.807, 2.05) is 13.0 Å². The first kappa shape index (κ1) is 18.3. The van der Waals surface area contributed by atoms with Crippen LogP contribution < -0.4 is 5.32 Å². The Bertz CT molecular complexity index is 823. The highest BCUT2D eigenvalue weighted by Gasteiger charge is 2.31. The molecule has 8 nitrogen and oxygen atoms in total. The van der Waals surface area contributed by atoms with E-state index in [0.29, 0.717) is 36.6 Å². The van der Waals surface area contributed by atoms with E-state index >= 15 is 0 Å². The van der Waals surface area contributed by atoms with Gasteiger partial charge in [0.15, 0.2) is 5.78 Å². The zero-order valence-corrected chi connectivity index (χ0v) is 15.5. The number of aromatic nitrogens is 3. The zero-order chi connectivity index (χ0) is 18.8. The van der Waals surface area contributed by atoms with E-state index in [0.717, 1.165) is 11.5 Å². The van der Waals surface area contributed by atoms with E-state index < -0.39 is 0 Å². The normalized spacial score (nSPS) is 19.7. The molecule has 3 heterocycles. The molecule has 0 unspecified atom stereocenters. The van der Waals surface area contributed by atoms with Crippen molar-refractivity contribution in [2.24, 2.45) is 5.92 Å². The summed E-state index contributed by atoms with van der Waals surface area (Å²) in [5.74, 6) is 0.736. The van der Waals surface area contributed by atoms with E-state index in [4.69, 9.17) is 9.26 Å². The minimum atomic E-state index is -0.153. The molecule has 2 aromatic heterocycles. The summed E-state index contributed by atoms with van der Waals surface area (Å²) in [6.07, 6.45) is 0.667. The van der Waals surface area contributed by atoms with Crippen LogP contribution in [0.15, 0.2) is 10.6 Å². The summed E-state index contributed by atoms with van der Waals surface area (Å²) in [4.78, 5) is 24.2. The maximum atomic E-state index is 12.5. The number of nitrogens with zero attached hydrogens (tertiary/aromatic N) is 3. The zero-order valence-electron chi connectivity index (χ0n) is 15.5. The van der Waals surface area contributed by atoms with Gasteiger partial charge in [0.1, 0.15) is 12.3 Å². The number of carbonyl (C=O) groups is 2. The van der Waals surface area contributed by atoms with Gasteiger partial charge in [0, 0.05) is 24.1 Å². The molecule has 0 radical (unpaired) electrons. The number of hydrogen-bond acceptors (Lipinski definition) is 6. The van der Waals surface area contributed by atoms with Gasteiger partial charge in [0.05, 0.1) is 36.2 Å². The molecular formula is C18H24N4O4. The molecule has 8 heteroatoms. The third kappa shape index (κ3) is 3.85. The summed E-state index contributed by atoms with van der Waals surface area (Å²) in [5.41, 5.74) is 2.78. The Balaban J connectivity index is 1.62. The smallest absolute Gasteiger partial charge is 0.242 e. The van der Waals surface area contributed by atoms with Crippen LogP contribution in [0.2, 0.25) is 0 Å². The van der Waals surface area contributed by atoms with Crippen molar-refractivity contribution in [3.8, 4) is 0 Å². The van der Waals surface area contributed by atoms with Crippen LogP contribution in [-0.2, 0) is 22.5 Å². The van der Waals surface area contributed by atoms with Gasteiger partial charge in [-0.3, -0.25) is 14.3 Å². The number of ether oxygens (including phenoxy) is 1. The van der Waals surface area contributed by atoms with Gasteiger partial charge in [-0.2, -0.15) is 5.10 Å². The van der Waals surface area contributed by atoms with E-state index in [1.165, 1.54) is 6.92 Å². The van der Waals surface area contributed by atoms with Crippen LogP contribution in [0.25, 0.3) is 0 Å². The first-order chi connectivity index (χ1) is 12.3. The second-order valence-electron chi connectivity index (χ2n) is 6.87. The summed E-state index contributed by atoms with van der Waals surface area (Å²) in [5, 5.41) is 11.2. The second kappa shape index (κ2) is 7.41. The van der Waals surface area contributed by atoms with Crippen molar-refractivity contribution >= 4 is 11.7 Å². The maximum absolute atomic E-state index is 12.5. The largest absolute Gasteiger partial charge is 0.379 e. The Labute approximate surface area is 151 Å². The SMILES string of the molecule is CC(=O)c1c(C)nn(CC(=O)N[C@@H]2COC[C@@H]2Cc2cc(C)no2)c1C. The van der Waals surface area contributed by atoms with Gasteiger partial charge in [-0.1, -0.05) is 5.16 Å². The van der Waals surface area contributed by atoms with Crippen LogP contribution >= 0.6 is 0 Å². The summed E-state index contributed by atoms with van der Waals surface area (Å²) in [7, 11) is 0. The Morgan fingerprint density at radius 3 is 2.69 bits per heavy atom. The van der Waals surface area contributed by atoms with Crippen LogP contribution in [0.4, 0.5) is 0 Å². The minimum absolute atomic E-state index is 0.0433. The fourth-order valence-electron chi connectivity index (χ4n) is 3.48. The lowest BCUT2D eigenvalue weighted by Gasteiger charge is -2.18. The van der Waals surface area contributed by atoms with E-state index in [-0.39, 0.29) is 30.2 Å². The number of aryl methyl sites for hydroxylation is 2. The number of hydrogen-bond donors (Lipinski definition) is 1. The molecular weight excluding hydrogens is 336 g/mol. The number of ketones is 1. The Kier molecular flexibility index (Phi) is 5.22. The van der Waals surface area contributed by atoms with Gasteiger partial charge < -0.3 is 14.6 Å². The Hall–Kier alpha value is -2.48. The molecule has 0 aliphatic carbocycles. The summed E-state index contributed by atoms with van der Waals surface area (Å²) in [6.45, 7) is 8.08. The van der Waals surface area contributed by atoms with Gasteiger partial charge >= 0.3 is 0 Å². The molecule has 0 bridgehead atoms. The monoisotopic (exact) mass is 360 g/mol. The highest BCUT2D eigenvalue weighted by atomic mass is 16.5. The predicted molar refractivity (Wildman–Crippen MR) is 92.9 cm³/mol. The quantitative estimate of drug-likeness (QED) is 0.781. The fraction of sp³-hybridized carbons (Fsp3) is 0.556. The number of Topliss-reactive ketones (excluding diaryl/α,β-unsaturated/α-hetero) is 1. The first-order valence-electron chi connectivity index (χ1n) is 8.69. The standard InChI is InChI=1S/C18H24N4O4/c1-10-5-15(26-21-10)6-14-8-25-9-16(14)19-17(24)7-22-12(3)18(13(4)23)11(2)20-22/h5,14,16H,6-9H2,1-4H3,(H,19,24)/t14-,16+/m0/s1. The van der Waals surface area contributed by atoms with Gasteiger partial charge in [-0.05, 0) is 27.7 Å². The molecule has 0 spiro atoms. The van der Waals surface area contributed by atoms with E-state index in [9.17, 15) is 9.59 Å². The molecule has 0 saturated carbocycles. The highest BCUT2D eigenvalue weighted by Crippen LogP contribution is 2.20. The number of carbonyl (C=O) groups excluding carboxylic acids is 2. The van der Waals surface area contributed by atoms with Crippen LogP contribution in [0, 0.1) is 26.7 Å². The fourth-order valence-corrected chi connectivity index (χ4v) is 3.48. The Morgan fingerprint density at radius 2 is 2.08 bits per heavy atom. The lowest BCUT2D eigenvalue weighted by molar-refractivity contribution is -0.122. The first-order valence-corrected chi connectivity index (χ1v) is 8.69. The molecule has 1 aliphatic rings. The average molecular weight is 360 g/mol. The van der Waals surface area contributed by atoms with Gasteiger partial charge in [0.2, 0.25) is 5.91 Å². The van der Waals surface area contributed by atoms with Gasteiger partial charge in [-0.25, -0.2) is 0 Å². The maximum Gasteiger partial charge on any atom is 0.242 e. The summed E-state index contributed by atoms with van der Waals surface area (Å²) < 4.78 is 12.4. The molecule has 1 N–H and O–H groups in total. The van der Waals surface area contributed by atoms with Crippen LogP contribution in [0.3, 0.4) is 0 Å². The topological polar surface area (TPSA) is 99.2 Å². The lowest BCUT2D eigenvalue weighted by atomic mass is 9.98. The molecule has 26 heavy (non-hydrogen) atoms. The van der Waals surface area contributed by atoms with Crippen molar-refractivity contribution < 1.29 is 18.8 Å². The van der Waals surface area contributed by atoms with E-state index in [1.54, 1.807) is 18.5 Å². The Morgan fingerprint density at radius 1 is 1.31 bits per heavy atom. The third-order valence-electron chi connectivity index (χ3n) is 4.71. The minimum Gasteiger partial charge on any atom is -0.379 e. The molecule has 3 rings (SSSR count). The lowest BCUT2D eigenvalue weighted by Crippen LogP contribution is -2.42. The van der Waals surface area contributed by atoms with Crippen molar-refractivity contribution in [3.05, 3.63) is 34.5 Å². The highest BCUT2D eigenvalue weighted by molar-refractivity contribution is 5.96. The second-order valence-corrected chi connectivity index (χ2v) is 6.87. The summed E-state index contributed by atoms with van der Waals surface area (Å²) >= 11 is 0. The molecule has 2 atom stereocenters. The van der Waals surface area contributed by atoms with Gasteiger partial charge in [0.25, 0.3) is 0 Å². The molecule has 0 aromatic carbocycles. The molecule has 1 aliphatic heterocycles. The van der Waals surface area contributed by atoms with Crippen LogP contribution in [0.5, 0.6) is 0 Å². The average Bonchev–Trinajstić information content (AvgIpc) is 3.22. The predicted octanol–water partition coefficient (Wildman–Crippen LogP) is 1.37. The molecule has 1 saturated heterocycles. The number of nitrogens with one attached hydrogen (secondary N) is 1. The number of amides is 1. The molecule has 1 amide bonds. The van der Waals surface area contributed by atoms with Crippen molar-refractivity contribution in [1.29, 1.82) is 0 Å². The van der Waals surface area contributed by atoms with Crippen molar-refractivity contribution in [1.82, 2.24) is 20.3 Å². The van der Waals surface area contributed by atoms with Crippen LogP contribution in [0.1, 0.15) is 40.1 Å². The number of rotatable bonds is 6. The molecule has 1 fully saturated rings. The third-order valence-corrected chi connectivity index (χ3v) is 4.71. The summed E-state index contributed by atoms with van der Waals surface area (Å²) in [6, 6.07) is 1.81. The van der Waals surface area contributed by atoms with E-state index in [2.05, 4.69) is 15.6 Å². The van der Waals surface area contributed by atoms with Crippen molar-refractivity contribution in [3.63, 3.8) is 0 Å². The van der Waals surface area contributed by atoms with Gasteiger partial charge in [-0.15, -0.1) is 0 Å². The molecule has 140 valence electrons.